The Morgan fingerprint density at radius 3 is 2.04 bits per heavy atom. The number of carbonyl (C=O) groups is 1. The fraction of sp³-hybridized carbons (Fsp3) is 0.938. The molecule has 2 aliphatic heterocycles. The number of hydrogen-bond acceptors (Lipinski definition) is 7. The van der Waals surface area contributed by atoms with Crippen LogP contribution in [-0.2, 0) is 23.7 Å². The van der Waals surface area contributed by atoms with Crippen molar-refractivity contribution in [1.82, 2.24) is 0 Å². The molecular weight excluding hydrogens is 304 g/mol. The van der Waals surface area contributed by atoms with E-state index < -0.39 is 46.6 Å². The van der Waals surface area contributed by atoms with Gasteiger partial charge in [0.15, 0.2) is 17.0 Å². The molecule has 134 valence electrons. The molecule has 0 aromatic rings. The Hall–Kier alpha value is -0.730. The van der Waals surface area contributed by atoms with E-state index in [1.807, 2.05) is 0 Å². The van der Waals surface area contributed by atoms with Gasteiger partial charge in [0, 0.05) is 6.92 Å². The summed E-state index contributed by atoms with van der Waals surface area (Å²) in [4.78, 5) is 11.8. The van der Waals surface area contributed by atoms with E-state index in [1.54, 1.807) is 41.5 Å². The molecule has 0 aliphatic carbocycles. The summed E-state index contributed by atoms with van der Waals surface area (Å²) in [7, 11) is 0. The van der Waals surface area contributed by atoms with Crippen LogP contribution >= 0.6 is 0 Å². The first-order chi connectivity index (χ1) is 10.1. The molecule has 0 amide bonds. The van der Waals surface area contributed by atoms with Crippen molar-refractivity contribution in [3.8, 4) is 0 Å². The molecule has 2 saturated heterocycles. The van der Waals surface area contributed by atoms with Crippen LogP contribution < -0.4 is 0 Å². The molecule has 7 nitrogen and oxygen atoms in total. The van der Waals surface area contributed by atoms with Crippen molar-refractivity contribution >= 4 is 5.97 Å². The van der Waals surface area contributed by atoms with Gasteiger partial charge in [-0.1, -0.05) is 0 Å². The van der Waals surface area contributed by atoms with Gasteiger partial charge in [-0.05, 0) is 48.5 Å². The summed E-state index contributed by atoms with van der Waals surface area (Å²) in [5, 5.41) is 20.4. The Kier molecular flexibility index (Phi) is 3.78. The molecule has 0 unspecified atom stereocenters. The SMILES string of the molecule is CC(=O)O[C@@]1(C)[C@]2(C)OC(C)(C)O[C@]2(C)O[C@@]1(C)[C@](C)(O)CO. The lowest BCUT2D eigenvalue weighted by Gasteiger charge is -2.50. The predicted molar refractivity (Wildman–Crippen MR) is 80.4 cm³/mol. The van der Waals surface area contributed by atoms with E-state index in [9.17, 15) is 15.0 Å². The van der Waals surface area contributed by atoms with Crippen molar-refractivity contribution in [1.29, 1.82) is 0 Å². The number of esters is 1. The van der Waals surface area contributed by atoms with E-state index in [0.29, 0.717) is 0 Å². The zero-order valence-corrected chi connectivity index (χ0v) is 15.1. The smallest absolute Gasteiger partial charge is 0.303 e. The van der Waals surface area contributed by atoms with Gasteiger partial charge in [0.1, 0.15) is 11.2 Å². The summed E-state index contributed by atoms with van der Waals surface area (Å²) >= 11 is 0. The third-order valence-electron chi connectivity index (χ3n) is 5.66. The van der Waals surface area contributed by atoms with Crippen molar-refractivity contribution in [2.45, 2.75) is 89.4 Å². The molecule has 2 N–H and O–H groups in total. The fourth-order valence-corrected chi connectivity index (χ4v) is 4.02. The van der Waals surface area contributed by atoms with Crippen LogP contribution in [0.15, 0.2) is 0 Å². The van der Waals surface area contributed by atoms with Crippen LogP contribution in [0, 0.1) is 0 Å². The molecule has 2 heterocycles. The monoisotopic (exact) mass is 332 g/mol. The summed E-state index contributed by atoms with van der Waals surface area (Å²) in [6.07, 6.45) is 0. The Balaban J connectivity index is 2.69. The van der Waals surface area contributed by atoms with Crippen LogP contribution in [0.2, 0.25) is 0 Å². The van der Waals surface area contributed by atoms with Gasteiger partial charge in [-0.15, -0.1) is 0 Å². The second-order valence-corrected chi connectivity index (χ2v) is 7.78. The zero-order chi connectivity index (χ0) is 18.1. The molecule has 2 fully saturated rings. The van der Waals surface area contributed by atoms with Crippen LogP contribution in [-0.4, -0.2) is 56.8 Å². The Bertz CT molecular complexity index is 531. The summed E-state index contributed by atoms with van der Waals surface area (Å²) in [6.45, 7) is 12.2. The van der Waals surface area contributed by atoms with Gasteiger partial charge in [0.05, 0.1) is 6.61 Å². The maximum Gasteiger partial charge on any atom is 0.303 e. The number of ether oxygens (including phenoxy) is 4. The third-order valence-corrected chi connectivity index (χ3v) is 5.66. The van der Waals surface area contributed by atoms with Gasteiger partial charge in [0.2, 0.25) is 5.79 Å². The van der Waals surface area contributed by atoms with Crippen LogP contribution in [0.4, 0.5) is 0 Å². The van der Waals surface area contributed by atoms with Crippen molar-refractivity contribution < 1.29 is 34.0 Å². The normalized spacial score (nSPS) is 47.9. The van der Waals surface area contributed by atoms with Crippen molar-refractivity contribution in [3.63, 3.8) is 0 Å². The molecule has 7 heteroatoms. The Morgan fingerprint density at radius 2 is 1.61 bits per heavy atom. The van der Waals surface area contributed by atoms with Crippen molar-refractivity contribution in [3.05, 3.63) is 0 Å². The average molecular weight is 332 g/mol. The summed E-state index contributed by atoms with van der Waals surface area (Å²) in [5.74, 6) is -2.79. The van der Waals surface area contributed by atoms with Gasteiger partial charge >= 0.3 is 5.97 Å². The molecule has 0 aromatic heterocycles. The van der Waals surface area contributed by atoms with E-state index in [0.717, 1.165) is 0 Å². The molecule has 5 atom stereocenters. The summed E-state index contributed by atoms with van der Waals surface area (Å²) < 4.78 is 23.8. The van der Waals surface area contributed by atoms with Gasteiger partial charge in [0.25, 0.3) is 0 Å². The van der Waals surface area contributed by atoms with E-state index in [2.05, 4.69) is 0 Å². The van der Waals surface area contributed by atoms with E-state index in [4.69, 9.17) is 18.9 Å². The highest BCUT2D eigenvalue weighted by Gasteiger charge is 2.84. The minimum absolute atomic E-state index is 0.546. The summed E-state index contributed by atoms with van der Waals surface area (Å²) in [6, 6.07) is 0. The molecule has 0 radical (unpaired) electrons. The van der Waals surface area contributed by atoms with E-state index in [-0.39, 0.29) is 0 Å². The second-order valence-electron chi connectivity index (χ2n) is 7.78. The topological polar surface area (TPSA) is 94.5 Å². The van der Waals surface area contributed by atoms with E-state index >= 15 is 0 Å². The minimum atomic E-state index is -1.70. The van der Waals surface area contributed by atoms with Gasteiger partial charge < -0.3 is 29.2 Å². The largest absolute Gasteiger partial charge is 0.453 e. The van der Waals surface area contributed by atoms with Crippen LogP contribution in [0.5, 0.6) is 0 Å². The fourth-order valence-electron chi connectivity index (χ4n) is 4.02. The Labute approximate surface area is 136 Å². The van der Waals surface area contributed by atoms with Crippen LogP contribution in [0.1, 0.15) is 55.4 Å². The lowest BCUT2D eigenvalue weighted by molar-refractivity contribution is -0.322. The zero-order valence-electron chi connectivity index (χ0n) is 15.1. The highest BCUT2D eigenvalue weighted by molar-refractivity contribution is 5.67. The van der Waals surface area contributed by atoms with Crippen molar-refractivity contribution in [2.75, 3.05) is 6.61 Å². The highest BCUT2D eigenvalue weighted by Crippen LogP contribution is 2.64. The van der Waals surface area contributed by atoms with Gasteiger partial charge in [-0.3, -0.25) is 4.79 Å². The van der Waals surface area contributed by atoms with E-state index in [1.165, 1.54) is 13.8 Å². The molecule has 2 rings (SSSR count). The molecular formula is C16H28O7. The lowest BCUT2D eigenvalue weighted by atomic mass is 9.67. The first kappa shape index (κ1) is 18.6. The van der Waals surface area contributed by atoms with Gasteiger partial charge in [-0.25, -0.2) is 0 Å². The molecule has 2 aliphatic rings. The van der Waals surface area contributed by atoms with Crippen LogP contribution in [0.25, 0.3) is 0 Å². The molecule has 0 saturated carbocycles. The Morgan fingerprint density at radius 1 is 1.09 bits per heavy atom. The predicted octanol–water partition coefficient (Wildman–Crippen LogP) is 1.10. The number of aliphatic hydroxyl groups is 2. The number of fused-ring (bicyclic) bond motifs is 1. The molecule has 23 heavy (non-hydrogen) atoms. The second kappa shape index (κ2) is 4.67. The minimum Gasteiger partial charge on any atom is -0.453 e. The number of hydrogen-bond donors (Lipinski definition) is 2. The van der Waals surface area contributed by atoms with Crippen LogP contribution in [0.3, 0.4) is 0 Å². The number of aliphatic hydroxyl groups excluding tert-OH is 1. The maximum absolute atomic E-state index is 11.8. The maximum atomic E-state index is 11.8. The lowest BCUT2D eigenvalue weighted by Crippen LogP contribution is -2.70. The summed E-state index contributed by atoms with van der Waals surface area (Å²) in [5.41, 5.74) is -5.80. The van der Waals surface area contributed by atoms with Crippen molar-refractivity contribution in [2.24, 2.45) is 0 Å². The third kappa shape index (κ3) is 2.10. The quantitative estimate of drug-likeness (QED) is 0.747. The number of rotatable bonds is 3. The standard InChI is InChI=1S/C16H28O7/c1-10(18)20-14(6)13(5,12(4,19)9-17)23-16(8)15(14,7)21-11(2,3)22-16/h17,19H,9H2,1-8H3/t12-,13+,14-,15+,16-/m1/s1. The molecule has 0 aromatic carbocycles. The first-order valence-electron chi connectivity index (χ1n) is 7.73. The molecule has 0 bridgehead atoms. The number of carbonyl (C=O) groups excluding carboxylic acids is 1. The average Bonchev–Trinajstić information content (AvgIpc) is 2.59. The molecule has 0 spiro atoms. The first-order valence-corrected chi connectivity index (χ1v) is 7.73. The van der Waals surface area contributed by atoms with Gasteiger partial charge in [-0.2, -0.15) is 0 Å². The highest BCUT2D eigenvalue weighted by atomic mass is 16.9.